The zero-order valence-electron chi connectivity index (χ0n) is 26.6. The van der Waals surface area contributed by atoms with Gasteiger partial charge < -0.3 is 19.2 Å². The summed E-state index contributed by atoms with van der Waals surface area (Å²) in [7, 11) is 1.44. The van der Waals surface area contributed by atoms with Crippen LogP contribution >= 0.6 is 0 Å². The van der Waals surface area contributed by atoms with Crippen LogP contribution in [0.2, 0.25) is 0 Å². The summed E-state index contributed by atoms with van der Waals surface area (Å²) in [6.45, 7) is 9.12. The average Bonchev–Trinajstić information content (AvgIpc) is 3.82. The summed E-state index contributed by atoms with van der Waals surface area (Å²) in [6, 6.07) is 10.1. The molecule has 1 saturated carbocycles. The van der Waals surface area contributed by atoms with Gasteiger partial charge in [0.15, 0.2) is 0 Å². The summed E-state index contributed by atoms with van der Waals surface area (Å²) in [5.74, 6) is 1.76. The molecule has 2 aromatic heterocycles. The fourth-order valence-electron chi connectivity index (χ4n) is 7.80. The minimum atomic E-state index is -0.172. The predicted molar refractivity (Wildman–Crippen MR) is 171 cm³/mol. The molecule has 3 aliphatic rings. The highest BCUT2D eigenvalue weighted by Gasteiger charge is 2.41. The highest BCUT2D eigenvalue weighted by Crippen LogP contribution is 2.42. The van der Waals surface area contributed by atoms with Crippen LogP contribution in [0.15, 0.2) is 49.1 Å². The zero-order chi connectivity index (χ0) is 30.2. The third-order valence-electron chi connectivity index (χ3n) is 10.4. The largest absolute Gasteiger partial charge is 0.469 e. The minimum absolute atomic E-state index is 0.172. The van der Waals surface area contributed by atoms with Crippen molar-refractivity contribution in [2.75, 3.05) is 33.3 Å². The number of nitrogens with one attached hydrogen (secondary N) is 1. The summed E-state index contributed by atoms with van der Waals surface area (Å²) >= 11 is 0. The second-order valence-electron chi connectivity index (χ2n) is 13.5. The van der Waals surface area contributed by atoms with Gasteiger partial charge in [0.05, 0.1) is 20.2 Å². The van der Waals surface area contributed by atoms with Gasteiger partial charge in [0.2, 0.25) is 0 Å². The number of carbonyl (C=O) groups is 1. The molecule has 3 aromatic rings. The maximum atomic E-state index is 11.6. The number of piperidine rings is 1. The highest BCUT2D eigenvalue weighted by atomic mass is 16.5. The van der Waals surface area contributed by atoms with Gasteiger partial charge >= 0.3 is 5.97 Å². The number of likely N-dealkylation sites (tertiary alicyclic amines) is 2. The lowest BCUT2D eigenvalue weighted by Crippen LogP contribution is -2.46. The van der Waals surface area contributed by atoms with E-state index in [1.54, 1.807) is 6.20 Å². The standard InChI is InChI=1S/C35H51N7O2/c1-44-34(43)8-5-19-42-23-18-38-33(42)27-40(26-32-36-16-17-37-32)25-30-11-9-29(10-12-30)24-39-20-13-35(28-39)14-21-41(22-15-35)31-6-3-2-4-7-31/h9-12,16-18,23,31H,2-8,13-15,19-22,24-28H2,1H3,(H,36,37). The van der Waals surface area contributed by atoms with E-state index in [0.29, 0.717) is 24.9 Å². The number of H-pyrrole nitrogens is 1. The molecule has 0 radical (unpaired) electrons. The number of benzene rings is 1. The predicted octanol–water partition coefficient (Wildman–Crippen LogP) is 5.38. The summed E-state index contributed by atoms with van der Waals surface area (Å²) in [5, 5.41) is 0. The Hall–Kier alpha value is -3.01. The first-order chi connectivity index (χ1) is 21.6. The molecule has 2 aliphatic heterocycles. The Labute approximate surface area is 263 Å². The van der Waals surface area contributed by atoms with E-state index >= 15 is 0 Å². The van der Waals surface area contributed by atoms with Gasteiger partial charge in [-0.2, -0.15) is 0 Å². The molecule has 238 valence electrons. The summed E-state index contributed by atoms with van der Waals surface area (Å²) in [6.07, 6.45) is 20.0. The SMILES string of the molecule is COC(=O)CCCn1ccnc1CN(Cc1ccc(CN2CCC3(CCN(C4CCCCC4)CC3)C2)cc1)Cc1ncc[nH]1. The third kappa shape index (κ3) is 8.17. The van der Waals surface area contributed by atoms with Gasteiger partial charge in [0.25, 0.3) is 0 Å². The van der Waals surface area contributed by atoms with Crippen LogP contribution in [0.25, 0.3) is 0 Å². The van der Waals surface area contributed by atoms with Crippen LogP contribution in [-0.4, -0.2) is 79.5 Å². The van der Waals surface area contributed by atoms with Gasteiger partial charge in [0, 0.05) is 63.4 Å². The van der Waals surface area contributed by atoms with Crippen LogP contribution in [0.1, 0.15) is 87.0 Å². The monoisotopic (exact) mass is 601 g/mol. The first-order valence-corrected chi connectivity index (χ1v) is 16.9. The minimum Gasteiger partial charge on any atom is -0.469 e. The van der Waals surface area contributed by atoms with E-state index in [9.17, 15) is 4.79 Å². The van der Waals surface area contributed by atoms with Gasteiger partial charge in [-0.3, -0.25) is 14.6 Å². The molecule has 9 nitrogen and oxygen atoms in total. The number of rotatable bonds is 13. The number of nitrogens with zero attached hydrogens (tertiary/aromatic N) is 6. The molecule has 0 atom stereocenters. The quantitative estimate of drug-likeness (QED) is 0.263. The topological polar surface area (TPSA) is 82.5 Å². The molecular weight excluding hydrogens is 550 g/mol. The van der Waals surface area contributed by atoms with E-state index in [2.05, 4.69) is 58.5 Å². The lowest BCUT2D eigenvalue weighted by Gasteiger charge is -2.43. The van der Waals surface area contributed by atoms with E-state index in [4.69, 9.17) is 4.74 Å². The molecule has 1 N–H and O–H groups in total. The van der Waals surface area contributed by atoms with Crippen LogP contribution < -0.4 is 0 Å². The normalized spacial score (nSPS) is 19.7. The molecule has 0 amide bonds. The lowest BCUT2D eigenvalue weighted by molar-refractivity contribution is -0.140. The molecule has 4 heterocycles. The number of aromatic amines is 1. The number of hydrogen-bond donors (Lipinski definition) is 1. The van der Waals surface area contributed by atoms with Crippen LogP contribution in [0, 0.1) is 5.41 Å². The molecule has 1 aliphatic carbocycles. The number of carbonyl (C=O) groups excluding carboxylic acids is 1. The molecule has 44 heavy (non-hydrogen) atoms. The van der Waals surface area contributed by atoms with Crippen LogP contribution in [0.5, 0.6) is 0 Å². The molecule has 1 spiro atoms. The second-order valence-corrected chi connectivity index (χ2v) is 13.5. The molecule has 3 fully saturated rings. The Morgan fingerprint density at radius 1 is 0.977 bits per heavy atom. The molecule has 0 unspecified atom stereocenters. The summed E-state index contributed by atoms with van der Waals surface area (Å²) in [4.78, 5) is 31.9. The zero-order valence-corrected chi connectivity index (χ0v) is 26.6. The van der Waals surface area contributed by atoms with Crippen LogP contribution in [0.4, 0.5) is 0 Å². The number of hydrogen-bond acceptors (Lipinski definition) is 7. The average molecular weight is 602 g/mol. The number of aryl methyl sites for hydroxylation is 1. The maximum absolute atomic E-state index is 11.6. The van der Waals surface area contributed by atoms with Crippen molar-refractivity contribution in [3.63, 3.8) is 0 Å². The van der Waals surface area contributed by atoms with E-state index in [1.807, 2.05) is 18.6 Å². The first kappa shape index (κ1) is 31.0. The van der Waals surface area contributed by atoms with E-state index in [0.717, 1.165) is 43.7 Å². The molecule has 9 heteroatoms. The highest BCUT2D eigenvalue weighted by molar-refractivity contribution is 5.68. The van der Waals surface area contributed by atoms with Gasteiger partial charge in [-0.25, -0.2) is 9.97 Å². The smallest absolute Gasteiger partial charge is 0.305 e. The van der Waals surface area contributed by atoms with Gasteiger partial charge in [-0.05, 0) is 74.7 Å². The van der Waals surface area contributed by atoms with Crippen molar-refractivity contribution in [3.8, 4) is 0 Å². The second kappa shape index (κ2) is 14.8. The number of imidazole rings is 2. The Kier molecular flexibility index (Phi) is 10.5. The van der Waals surface area contributed by atoms with Crippen molar-refractivity contribution in [1.29, 1.82) is 0 Å². The van der Waals surface area contributed by atoms with Crippen LogP contribution in [0.3, 0.4) is 0 Å². The molecule has 0 bridgehead atoms. The Morgan fingerprint density at radius 3 is 2.50 bits per heavy atom. The van der Waals surface area contributed by atoms with E-state index in [-0.39, 0.29) is 5.97 Å². The number of methoxy groups -OCH3 is 1. The Morgan fingerprint density at radius 2 is 1.75 bits per heavy atom. The van der Waals surface area contributed by atoms with Gasteiger partial charge in [0.1, 0.15) is 11.6 Å². The number of ether oxygens (including phenoxy) is 1. The third-order valence-corrected chi connectivity index (χ3v) is 10.4. The van der Waals surface area contributed by atoms with Crippen LogP contribution in [-0.2, 0) is 42.3 Å². The fraction of sp³-hybridized carbons (Fsp3) is 0.629. The van der Waals surface area contributed by atoms with Crippen molar-refractivity contribution in [3.05, 3.63) is 71.8 Å². The van der Waals surface area contributed by atoms with Crippen molar-refractivity contribution < 1.29 is 9.53 Å². The maximum Gasteiger partial charge on any atom is 0.305 e. The molecule has 1 aromatic carbocycles. The first-order valence-electron chi connectivity index (χ1n) is 16.9. The molecule has 6 rings (SSSR count). The number of aromatic nitrogens is 4. The molecule has 2 saturated heterocycles. The van der Waals surface area contributed by atoms with Gasteiger partial charge in [-0.15, -0.1) is 0 Å². The van der Waals surface area contributed by atoms with Crippen molar-refractivity contribution in [2.24, 2.45) is 5.41 Å². The number of esters is 1. The van der Waals surface area contributed by atoms with E-state index < -0.39 is 0 Å². The lowest BCUT2D eigenvalue weighted by atomic mass is 9.77. The Balaban J connectivity index is 1.02. The van der Waals surface area contributed by atoms with E-state index in [1.165, 1.54) is 95.8 Å². The molecular formula is C35H51N7O2. The summed E-state index contributed by atoms with van der Waals surface area (Å²) < 4.78 is 6.94. The van der Waals surface area contributed by atoms with Gasteiger partial charge in [-0.1, -0.05) is 43.5 Å². The van der Waals surface area contributed by atoms with Crippen molar-refractivity contribution in [1.82, 2.24) is 34.2 Å². The van der Waals surface area contributed by atoms with Crippen molar-refractivity contribution in [2.45, 2.75) is 103 Å². The fourth-order valence-corrected chi connectivity index (χ4v) is 7.80. The summed E-state index contributed by atoms with van der Waals surface area (Å²) in [5.41, 5.74) is 3.24. The van der Waals surface area contributed by atoms with Crippen molar-refractivity contribution >= 4 is 5.97 Å². The Bertz CT molecular complexity index is 1290.